The van der Waals surface area contributed by atoms with Crippen molar-refractivity contribution in [2.24, 2.45) is 22.0 Å². The molecule has 0 spiro atoms. The average molecular weight is 455 g/mol. The Labute approximate surface area is 200 Å². The van der Waals surface area contributed by atoms with E-state index in [9.17, 15) is 9.59 Å². The number of nitrogens with zero attached hydrogens (tertiary/aromatic N) is 2. The van der Waals surface area contributed by atoms with Crippen molar-refractivity contribution in [3.8, 4) is 0 Å². The summed E-state index contributed by atoms with van der Waals surface area (Å²) < 4.78 is 0. The van der Waals surface area contributed by atoms with Gasteiger partial charge in [-0.25, -0.2) is 10.9 Å². The molecule has 0 aliphatic heterocycles. The van der Waals surface area contributed by atoms with Crippen LogP contribution < -0.4 is 10.9 Å². The zero-order valence-electron chi connectivity index (χ0n) is 19.9. The van der Waals surface area contributed by atoms with Gasteiger partial charge in [-0.3, -0.25) is 9.59 Å². The molecule has 0 aliphatic carbocycles. The van der Waals surface area contributed by atoms with Crippen LogP contribution in [0.25, 0.3) is 0 Å². The van der Waals surface area contributed by atoms with Gasteiger partial charge in [-0.2, -0.15) is 10.2 Å². The van der Waals surface area contributed by atoms with Gasteiger partial charge >= 0.3 is 0 Å². The zero-order chi connectivity index (χ0) is 24.5. The maximum atomic E-state index is 12.6. The van der Waals surface area contributed by atoms with Crippen LogP contribution in [-0.4, -0.2) is 23.2 Å². The van der Waals surface area contributed by atoms with E-state index in [1.807, 2.05) is 88.4 Å². The molecular formula is C28H30N4O2. The van der Waals surface area contributed by atoms with Gasteiger partial charge in [0.2, 0.25) is 0 Å². The van der Waals surface area contributed by atoms with E-state index in [0.717, 1.165) is 22.6 Å². The third-order valence-electron chi connectivity index (χ3n) is 5.20. The molecule has 6 nitrogen and oxygen atoms in total. The number of hydrogen-bond acceptors (Lipinski definition) is 4. The van der Waals surface area contributed by atoms with Crippen molar-refractivity contribution in [2.45, 2.75) is 27.7 Å². The van der Waals surface area contributed by atoms with Crippen LogP contribution in [0.1, 0.15) is 59.5 Å². The van der Waals surface area contributed by atoms with Crippen LogP contribution in [0.2, 0.25) is 0 Å². The fourth-order valence-corrected chi connectivity index (χ4v) is 3.40. The molecule has 0 aromatic heterocycles. The Balaban J connectivity index is 1.68. The Morgan fingerprint density at radius 2 is 0.853 bits per heavy atom. The molecule has 2 N–H and O–H groups in total. The summed E-state index contributed by atoms with van der Waals surface area (Å²) in [6, 6.07) is 25.9. The molecule has 2 amide bonds. The standard InChI is InChI=1S/C28H30N4O2/c1-19(2)25(21-11-7-5-8-12-21)29-31-27(33)23-15-17-24(18-16-23)28(34)32-30-26(20(3)4)22-13-9-6-10-14-22/h5-20H,1-4H3,(H,31,33)(H,32,34). The maximum Gasteiger partial charge on any atom is 0.271 e. The maximum absolute atomic E-state index is 12.6. The second-order valence-corrected chi connectivity index (χ2v) is 8.49. The fraction of sp³-hybridized carbons (Fsp3) is 0.214. The Kier molecular flexibility index (Phi) is 8.46. The lowest BCUT2D eigenvalue weighted by molar-refractivity contribution is 0.0943. The second-order valence-electron chi connectivity index (χ2n) is 8.49. The van der Waals surface area contributed by atoms with Crippen molar-refractivity contribution >= 4 is 23.2 Å². The van der Waals surface area contributed by atoms with Crippen molar-refractivity contribution in [3.63, 3.8) is 0 Å². The first-order valence-electron chi connectivity index (χ1n) is 11.3. The van der Waals surface area contributed by atoms with Crippen LogP contribution in [0.15, 0.2) is 95.1 Å². The SMILES string of the molecule is CC(C)C(=NNC(=O)c1ccc(C(=O)NN=C(c2ccccc2)C(C)C)cc1)c1ccccc1. The smallest absolute Gasteiger partial charge is 0.267 e. The zero-order valence-corrected chi connectivity index (χ0v) is 19.9. The number of hydrazone groups is 2. The summed E-state index contributed by atoms with van der Waals surface area (Å²) in [5.41, 5.74) is 9.58. The highest BCUT2D eigenvalue weighted by molar-refractivity contribution is 6.04. The van der Waals surface area contributed by atoms with Gasteiger partial charge in [0.05, 0.1) is 11.4 Å². The van der Waals surface area contributed by atoms with Crippen LogP contribution in [0, 0.1) is 11.8 Å². The van der Waals surface area contributed by atoms with Crippen LogP contribution >= 0.6 is 0 Å². The fourth-order valence-electron chi connectivity index (χ4n) is 3.40. The number of nitrogens with one attached hydrogen (secondary N) is 2. The van der Waals surface area contributed by atoms with E-state index >= 15 is 0 Å². The molecular weight excluding hydrogens is 424 g/mol. The van der Waals surface area contributed by atoms with Crippen LogP contribution in [0.5, 0.6) is 0 Å². The molecule has 6 heteroatoms. The molecule has 0 heterocycles. The lowest BCUT2D eigenvalue weighted by Gasteiger charge is -2.11. The van der Waals surface area contributed by atoms with Gasteiger partial charge in [0.15, 0.2) is 0 Å². The Bertz CT molecular complexity index is 1070. The lowest BCUT2D eigenvalue weighted by Crippen LogP contribution is -2.23. The van der Waals surface area contributed by atoms with Crippen molar-refractivity contribution in [1.82, 2.24) is 10.9 Å². The van der Waals surface area contributed by atoms with Gasteiger partial charge in [-0.05, 0) is 47.2 Å². The van der Waals surface area contributed by atoms with E-state index < -0.39 is 0 Å². The highest BCUT2D eigenvalue weighted by Crippen LogP contribution is 2.11. The summed E-state index contributed by atoms with van der Waals surface area (Å²) in [6.07, 6.45) is 0. The summed E-state index contributed by atoms with van der Waals surface area (Å²) in [4.78, 5) is 25.2. The van der Waals surface area contributed by atoms with E-state index in [1.165, 1.54) is 0 Å². The van der Waals surface area contributed by atoms with Gasteiger partial charge in [0.1, 0.15) is 0 Å². The molecule has 0 radical (unpaired) electrons. The third kappa shape index (κ3) is 6.48. The van der Waals surface area contributed by atoms with Crippen molar-refractivity contribution < 1.29 is 9.59 Å². The minimum Gasteiger partial charge on any atom is -0.267 e. The predicted octanol–water partition coefficient (Wildman–Crippen LogP) is 5.27. The van der Waals surface area contributed by atoms with Crippen LogP contribution in [-0.2, 0) is 0 Å². The Hall–Kier alpha value is -4.06. The molecule has 0 atom stereocenters. The number of amides is 2. The normalized spacial score (nSPS) is 12.1. The van der Waals surface area contributed by atoms with Crippen LogP contribution in [0.4, 0.5) is 0 Å². The first-order valence-corrected chi connectivity index (χ1v) is 11.3. The van der Waals surface area contributed by atoms with Gasteiger partial charge in [0, 0.05) is 11.1 Å². The number of hydrogen-bond donors (Lipinski definition) is 2. The number of benzene rings is 3. The Morgan fingerprint density at radius 3 is 1.15 bits per heavy atom. The topological polar surface area (TPSA) is 82.9 Å². The van der Waals surface area contributed by atoms with E-state index in [2.05, 4.69) is 21.1 Å². The summed E-state index contributed by atoms with van der Waals surface area (Å²) in [7, 11) is 0. The largest absolute Gasteiger partial charge is 0.271 e. The number of rotatable bonds is 8. The first-order chi connectivity index (χ1) is 16.4. The molecule has 0 saturated heterocycles. The minimum atomic E-state index is -0.342. The molecule has 0 fully saturated rings. The molecule has 3 aromatic carbocycles. The molecule has 34 heavy (non-hydrogen) atoms. The molecule has 0 unspecified atom stereocenters. The van der Waals surface area contributed by atoms with E-state index in [-0.39, 0.29) is 23.7 Å². The Morgan fingerprint density at radius 1 is 0.529 bits per heavy atom. The quantitative estimate of drug-likeness (QED) is 0.359. The van der Waals surface area contributed by atoms with Gasteiger partial charge in [0.25, 0.3) is 11.8 Å². The summed E-state index contributed by atoms with van der Waals surface area (Å²) in [5, 5.41) is 8.68. The van der Waals surface area contributed by atoms with Gasteiger partial charge in [-0.1, -0.05) is 88.4 Å². The van der Waals surface area contributed by atoms with Crippen molar-refractivity contribution in [2.75, 3.05) is 0 Å². The molecule has 0 saturated carbocycles. The van der Waals surface area contributed by atoms with Crippen molar-refractivity contribution in [1.29, 1.82) is 0 Å². The number of carbonyl (C=O) groups is 2. The van der Waals surface area contributed by atoms with Crippen molar-refractivity contribution in [3.05, 3.63) is 107 Å². The highest BCUT2D eigenvalue weighted by atomic mass is 16.2. The second kappa shape index (κ2) is 11.7. The molecule has 3 rings (SSSR count). The average Bonchev–Trinajstić information content (AvgIpc) is 2.85. The molecule has 0 aliphatic rings. The van der Waals surface area contributed by atoms with Crippen LogP contribution in [0.3, 0.4) is 0 Å². The molecule has 0 bridgehead atoms. The number of carbonyl (C=O) groups excluding carboxylic acids is 2. The van der Waals surface area contributed by atoms with E-state index in [0.29, 0.717) is 11.1 Å². The van der Waals surface area contributed by atoms with E-state index in [4.69, 9.17) is 0 Å². The first kappa shape index (κ1) is 24.6. The monoisotopic (exact) mass is 454 g/mol. The summed E-state index contributed by atoms with van der Waals surface area (Å²) >= 11 is 0. The predicted molar refractivity (Wildman–Crippen MR) is 137 cm³/mol. The van der Waals surface area contributed by atoms with Gasteiger partial charge < -0.3 is 0 Å². The lowest BCUT2D eigenvalue weighted by atomic mass is 10.0. The minimum absolute atomic E-state index is 0.140. The molecule has 174 valence electrons. The summed E-state index contributed by atoms with van der Waals surface area (Å²) in [5.74, 6) is -0.405. The van der Waals surface area contributed by atoms with Gasteiger partial charge in [-0.15, -0.1) is 0 Å². The van der Waals surface area contributed by atoms with E-state index in [1.54, 1.807) is 24.3 Å². The highest BCUT2D eigenvalue weighted by Gasteiger charge is 2.13. The third-order valence-corrected chi connectivity index (χ3v) is 5.20. The summed E-state index contributed by atoms with van der Waals surface area (Å²) in [6.45, 7) is 8.10. The molecule has 3 aromatic rings.